The third-order valence-corrected chi connectivity index (χ3v) is 4.34. The van der Waals surface area contributed by atoms with Crippen LogP contribution in [0.25, 0.3) is 0 Å². The molecule has 1 unspecified atom stereocenters. The van der Waals surface area contributed by atoms with E-state index < -0.39 is 0 Å². The van der Waals surface area contributed by atoms with Crippen molar-refractivity contribution in [1.82, 2.24) is 5.32 Å². The van der Waals surface area contributed by atoms with Crippen LogP contribution in [0.2, 0.25) is 5.02 Å². The number of amides is 1. The summed E-state index contributed by atoms with van der Waals surface area (Å²) in [6.07, 6.45) is 2.32. The van der Waals surface area contributed by atoms with Gasteiger partial charge in [0.15, 0.2) is 0 Å². The van der Waals surface area contributed by atoms with Crippen LogP contribution in [0.3, 0.4) is 0 Å². The molecular formula is C19H20ClNO3. The van der Waals surface area contributed by atoms with E-state index in [4.69, 9.17) is 21.1 Å². The molecule has 24 heavy (non-hydrogen) atoms. The minimum absolute atomic E-state index is 0.138. The molecule has 1 saturated heterocycles. The van der Waals surface area contributed by atoms with E-state index in [0.29, 0.717) is 23.7 Å². The first kappa shape index (κ1) is 16.8. The van der Waals surface area contributed by atoms with Gasteiger partial charge in [-0.1, -0.05) is 29.8 Å². The molecule has 1 aliphatic rings. The average molecular weight is 346 g/mol. The monoisotopic (exact) mass is 345 g/mol. The van der Waals surface area contributed by atoms with Gasteiger partial charge in [0.25, 0.3) is 5.91 Å². The van der Waals surface area contributed by atoms with Gasteiger partial charge in [-0.15, -0.1) is 0 Å². The predicted octanol–water partition coefficient (Wildman–Crippen LogP) is 3.83. The molecule has 0 spiro atoms. The zero-order chi connectivity index (χ0) is 16.8. The smallest absolute Gasteiger partial charge is 0.251 e. The highest BCUT2D eigenvalue weighted by atomic mass is 35.5. The van der Waals surface area contributed by atoms with E-state index in [1.54, 1.807) is 24.3 Å². The molecule has 1 amide bonds. The number of hydrogen-bond acceptors (Lipinski definition) is 3. The Morgan fingerprint density at radius 2 is 2.00 bits per heavy atom. The second kappa shape index (κ2) is 8.18. The Labute approximate surface area is 146 Å². The van der Waals surface area contributed by atoms with Crippen LogP contribution in [0.1, 0.15) is 28.8 Å². The number of carbonyl (C=O) groups excluding carboxylic acids is 1. The van der Waals surface area contributed by atoms with Gasteiger partial charge in [-0.2, -0.15) is 0 Å². The number of carbonyl (C=O) groups is 1. The Morgan fingerprint density at radius 3 is 2.71 bits per heavy atom. The van der Waals surface area contributed by atoms with Crippen molar-refractivity contribution < 1.29 is 14.3 Å². The van der Waals surface area contributed by atoms with Crippen LogP contribution in [0.15, 0.2) is 48.5 Å². The average Bonchev–Trinajstić information content (AvgIpc) is 3.13. The second-order valence-corrected chi connectivity index (χ2v) is 6.15. The first-order valence-electron chi connectivity index (χ1n) is 8.08. The minimum Gasteiger partial charge on any atom is -0.491 e. The van der Waals surface area contributed by atoms with Crippen molar-refractivity contribution in [3.63, 3.8) is 0 Å². The Bertz CT molecular complexity index is 681. The Morgan fingerprint density at radius 1 is 1.21 bits per heavy atom. The molecule has 0 aromatic heterocycles. The van der Waals surface area contributed by atoms with Crippen molar-refractivity contribution in [1.29, 1.82) is 0 Å². The molecule has 1 heterocycles. The number of halogens is 1. The summed E-state index contributed by atoms with van der Waals surface area (Å²) in [6, 6.07) is 14.6. The molecule has 5 heteroatoms. The van der Waals surface area contributed by atoms with E-state index in [0.717, 1.165) is 30.8 Å². The fourth-order valence-electron chi connectivity index (χ4n) is 2.59. The summed E-state index contributed by atoms with van der Waals surface area (Å²) < 4.78 is 11.2. The SMILES string of the molecule is O=C(NCc1ccccc1Cl)c1ccc(OCC2CCCO2)cc1. The van der Waals surface area contributed by atoms with E-state index in [2.05, 4.69) is 5.32 Å². The van der Waals surface area contributed by atoms with E-state index in [1.165, 1.54) is 0 Å². The maximum absolute atomic E-state index is 12.2. The summed E-state index contributed by atoms with van der Waals surface area (Å²) in [6.45, 7) is 1.77. The fourth-order valence-corrected chi connectivity index (χ4v) is 2.79. The number of ether oxygens (including phenoxy) is 2. The molecule has 0 saturated carbocycles. The third kappa shape index (κ3) is 4.49. The van der Waals surface area contributed by atoms with Gasteiger partial charge in [0, 0.05) is 23.7 Å². The summed E-state index contributed by atoms with van der Waals surface area (Å²) in [5.41, 5.74) is 1.48. The van der Waals surface area contributed by atoms with Gasteiger partial charge in [0.2, 0.25) is 0 Å². The summed E-state index contributed by atoms with van der Waals surface area (Å²) in [7, 11) is 0. The van der Waals surface area contributed by atoms with Crippen molar-refractivity contribution in [3.05, 3.63) is 64.7 Å². The van der Waals surface area contributed by atoms with Crippen molar-refractivity contribution in [2.24, 2.45) is 0 Å². The van der Waals surface area contributed by atoms with Gasteiger partial charge in [0.1, 0.15) is 12.4 Å². The highest BCUT2D eigenvalue weighted by Crippen LogP contribution is 2.17. The zero-order valence-electron chi connectivity index (χ0n) is 13.3. The van der Waals surface area contributed by atoms with Crippen LogP contribution in [0.5, 0.6) is 5.75 Å². The number of nitrogens with one attached hydrogen (secondary N) is 1. The highest BCUT2D eigenvalue weighted by Gasteiger charge is 2.16. The molecule has 1 aliphatic heterocycles. The summed E-state index contributed by atoms with van der Waals surface area (Å²) in [4.78, 5) is 12.2. The Balaban J connectivity index is 1.50. The summed E-state index contributed by atoms with van der Waals surface area (Å²) in [5.74, 6) is 0.605. The predicted molar refractivity (Wildman–Crippen MR) is 93.5 cm³/mol. The topological polar surface area (TPSA) is 47.6 Å². The molecule has 126 valence electrons. The molecule has 1 N–H and O–H groups in total. The molecule has 0 aliphatic carbocycles. The van der Waals surface area contributed by atoms with Gasteiger partial charge in [0.05, 0.1) is 6.10 Å². The van der Waals surface area contributed by atoms with E-state index in [1.807, 2.05) is 24.3 Å². The van der Waals surface area contributed by atoms with Crippen molar-refractivity contribution >= 4 is 17.5 Å². The maximum Gasteiger partial charge on any atom is 0.251 e. The molecular weight excluding hydrogens is 326 g/mol. The minimum atomic E-state index is -0.138. The third-order valence-electron chi connectivity index (χ3n) is 3.97. The van der Waals surface area contributed by atoms with Gasteiger partial charge in [-0.05, 0) is 48.7 Å². The van der Waals surface area contributed by atoms with Gasteiger partial charge >= 0.3 is 0 Å². The van der Waals surface area contributed by atoms with Crippen LogP contribution in [0.4, 0.5) is 0 Å². The molecule has 1 atom stereocenters. The second-order valence-electron chi connectivity index (χ2n) is 5.74. The zero-order valence-corrected chi connectivity index (χ0v) is 14.1. The largest absolute Gasteiger partial charge is 0.491 e. The lowest BCUT2D eigenvalue weighted by Gasteiger charge is -2.12. The van der Waals surface area contributed by atoms with Gasteiger partial charge in [-0.3, -0.25) is 4.79 Å². The van der Waals surface area contributed by atoms with E-state index >= 15 is 0 Å². The lowest BCUT2D eigenvalue weighted by atomic mass is 10.2. The molecule has 3 rings (SSSR count). The first-order chi connectivity index (χ1) is 11.7. The van der Waals surface area contributed by atoms with Crippen LogP contribution in [-0.4, -0.2) is 25.2 Å². The number of benzene rings is 2. The number of rotatable bonds is 6. The van der Waals surface area contributed by atoms with E-state index in [-0.39, 0.29) is 12.0 Å². The molecule has 2 aromatic carbocycles. The van der Waals surface area contributed by atoms with Crippen LogP contribution >= 0.6 is 11.6 Å². The Kier molecular flexibility index (Phi) is 5.72. The fraction of sp³-hybridized carbons (Fsp3) is 0.316. The van der Waals surface area contributed by atoms with Crippen molar-refractivity contribution in [2.75, 3.05) is 13.2 Å². The normalized spacial score (nSPS) is 16.8. The lowest BCUT2D eigenvalue weighted by molar-refractivity contribution is 0.0679. The van der Waals surface area contributed by atoms with Gasteiger partial charge in [-0.25, -0.2) is 0 Å². The molecule has 4 nitrogen and oxygen atoms in total. The standard InChI is InChI=1S/C19H20ClNO3/c20-18-6-2-1-4-15(18)12-21-19(22)14-7-9-16(10-8-14)24-13-17-5-3-11-23-17/h1-2,4,6-10,17H,3,5,11-13H2,(H,21,22). The van der Waals surface area contributed by atoms with Crippen LogP contribution < -0.4 is 10.1 Å². The molecule has 0 radical (unpaired) electrons. The summed E-state index contributed by atoms with van der Waals surface area (Å²) in [5, 5.41) is 3.52. The quantitative estimate of drug-likeness (QED) is 0.865. The van der Waals surface area contributed by atoms with Gasteiger partial charge < -0.3 is 14.8 Å². The lowest BCUT2D eigenvalue weighted by Crippen LogP contribution is -2.22. The maximum atomic E-state index is 12.2. The molecule has 2 aromatic rings. The molecule has 1 fully saturated rings. The van der Waals surface area contributed by atoms with Crippen molar-refractivity contribution in [3.8, 4) is 5.75 Å². The first-order valence-corrected chi connectivity index (χ1v) is 8.46. The summed E-state index contributed by atoms with van der Waals surface area (Å²) >= 11 is 6.09. The van der Waals surface area contributed by atoms with Crippen LogP contribution in [0, 0.1) is 0 Å². The van der Waals surface area contributed by atoms with Crippen molar-refractivity contribution in [2.45, 2.75) is 25.5 Å². The highest BCUT2D eigenvalue weighted by molar-refractivity contribution is 6.31. The van der Waals surface area contributed by atoms with E-state index in [9.17, 15) is 4.79 Å². The Hall–Kier alpha value is -2.04. The van der Waals surface area contributed by atoms with Crippen LogP contribution in [-0.2, 0) is 11.3 Å². The number of hydrogen-bond donors (Lipinski definition) is 1. The molecule has 0 bridgehead atoms.